The molecule has 0 atom stereocenters. The van der Waals surface area contributed by atoms with Crippen LogP contribution >= 0.6 is 0 Å². The smallest absolute Gasteiger partial charge is 0.344 e. The molecule has 0 unspecified atom stereocenters. The van der Waals surface area contributed by atoms with Crippen molar-refractivity contribution in [2.24, 2.45) is 0 Å². The second-order valence-electron chi connectivity index (χ2n) is 7.52. The van der Waals surface area contributed by atoms with Crippen molar-refractivity contribution in [2.45, 2.75) is 20.1 Å². The molecule has 0 radical (unpaired) electrons. The zero-order chi connectivity index (χ0) is 23.0. The second kappa shape index (κ2) is 10.5. The minimum Gasteiger partial charge on any atom is -0.482 e. The van der Waals surface area contributed by atoms with E-state index in [9.17, 15) is 9.59 Å². The number of fused-ring (bicyclic) bond motifs is 1. The molecule has 1 heterocycles. The molecule has 3 aromatic carbocycles. The topological polar surface area (TPSA) is 66.8 Å². The first-order chi connectivity index (χ1) is 16.1. The van der Waals surface area contributed by atoms with Gasteiger partial charge in [-0.3, -0.25) is 0 Å². The predicted molar refractivity (Wildman–Crippen MR) is 125 cm³/mol. The summed E-state index contributed by atoms with van der Waals surface area (Å²) in [6, 6.07) is 24.8. The molecule has 6 nitrogen and oxygen atoms in total. The lowest BCUT2D eigenvalue weighted by Gasteiger charge is -2.09. The first kappa shape index (κ1) is 22.1. The van der Waals surface area contributed by atoms with Crippen molar-refractivity contribution >= 4 is 22.8 Å². The van der Waals surface area contributed by atoms with Gasteiger partial charge in [-0.05, 0) is 53.8 Å². The number of rotatable bonds is 9. The third kappa shape index (κ3) is 5.80. The van der Waals surface area contributed by atoms with Crippen LogP contribution in [0.25, 0.3) is 10.9 Å². The van der Waals surface area contributed by atoms with Gasteiger partial charge in [0.25, 0.3) is 0 Å². The van der Waals surface area contributed by atoms with E-state index < -0.39 is 5.97 Å². The molecule has 168 valence electrons. The lowest BCUT2D eigenvalue weighted by Crippen LogP contribution is -2.14. The third-order valence-electron chi connectivity index (χ3n) is 5.16. The number of ether oxygens (including phenoxy) is 3. The van der Waals surface area contributed by atoms with E-state index in [2.05, 4.69) is 4.57 Å². The predicted octanol–water partition coefficient (Wildman–Crippen LogP) is 4.99. The van der Waals surface area contributed by atoms with Crippen molar-refractivity contribution in [2.75, 3.05) is 13.2 Å². The number of hydrogen-bond donors (Lipinski definition) is 0. The molecule has 6 heteroatoms. The van der Waals surface area contributed by atoms with Gasteiger partial charge < -0.3 is 18.8 Å². The second-order valence-corrected chi connectivity index (χ2v) is 7.52. The Morgan fingerprint density at radius 1 is 0.848 bits per heavy atom. The van der Waals surface area contributed by atoms with Crippen LogP contribution < -0.4 is 4.74 Å². The maximum Gasteiger partial charge on any atom is 0.344 e. The zero-order valence-corrected chi connectivity index (χ0v) is 18.4. The number of aromatic nitrogens is 1. The molecule has 0 saturated carbocycles. The molecule has 0 aliphatic carbocycles. The van der Waals surface area contributed by atoms with Crippen LogP contribution in [-0.4, -0.2) is 29.7 Å². The van der Waals surface area contributed by atoms with E-state index in [-0.39, 0.29) is 19.2 Å². The Morgan fingerprint density at radius 2 is 1.64 bits per heavy atom. The zero-order valence-electron chi connectivity index (χ0n) is 18.4. The van der Waals surface area contributed by atoms with Crippen molar-refractivity contribution in [1.82, 2.24) is 4.57 Å². The van der Waals surface area contributed by atoms with Crippen molar-refractivity contribution in [1.29, 1.82) is 0 Å². The quantitative estimate of drug-likeness (QED) is 0.341. The van der Waals surface area contributed by atoms with Gasteiger partial charge in [0.05, 0.1) is 12.2 Å². The van der Waals surface area contributed by atoms with Gasteiger partial charge in [-0.15, -0.1) is 0 Å². The van der Waals surface area contributed by atoms with Crippen LogP contribution in [-0.2, 0) is 27.4 Å². The largest absolute Gasteiger partial charge is 0.482 e. The molecule has 0 amide bonds. The fourth-order valence-electron chi connectivity index (χ4n) is 3.49. The highest BCUT2D eigenvalue weighted by Crippen LogP contribution is 2.21. The lowest BCUT2D eigenvalue weighted by atomic mass is 10.1. The number of esters is 2. The Bertz CT molecular complexity index is 1230. The molecule has 4 rings (SSSR count). The fourth-order valence-corrected chi connectivity index (χ4v) is 3.49. The summed E-state index contributed by atoms with van der Waals surface area (Å²) < 4.78 is 17.9. The van der Waals surface area contributed by atoms with Crippen molar-refractivity contribution in [3.8, 4) is 5.75 Å². The summed E-state index contributed by atoms with van der Waals surface area (Å²) in [5.41, 5.74) is 3.48. The molecule has 0 spiro atoms. The van der Waals surface area contributed by atoms with Crippen LogP contribution in [0.3, 0.4) is 0 Å². The Balaban J connectivity index is 1.42. The van der Waals surface area contributed by atoms with Gasteiger partial charge in [-0.1, -0.05) is 48.5 Å². The first-order valence-electron chi connectivity index (χ1n) is 10.8. The first-order valence-corrected chi connectivity index (χ1v) is 10.8. The number of carbonyl (C=O) groups excluding carboxylic acids is 2. The molecular formula is C27H25NO5. The molecular weight excluding hydrogens is 418 g/mol. The summed E-state index contributed by atoms with van der Waals surface area (Å²) in [7, 11) is 0. The number of hydrogen-bond acceptors (Lipinski definition) is 5. The van der Waals surface area contributed by atoms with Crippen molar-refractivity contribution in [3.63, 3.8) is 0 Å². The average Bonchev–Trinajstić information content (AvgIpc) is 3.25. The van der Waals surface area contributed by atoms with Crippen LogP contribution in [0.1, 0.15) is 28.4 Å². The lowest BCUT2D eigenvalue weighted by molar-refractivity contribution is -0.145. The highest BCUT2D eigenvalue weighted by atomic mass is 16.6. The van der Waals surface area contributed by atoms with Crippen LogP contribution in [0.4, 0.5) is 0 Å². The van der Waals surface area contributed by atoms with E-state index in [1.165, 1.54) is 0 Å². The highest BCUT2D eigenvalue weighted by Gasteiger charge is 2.11. The Hall–Kier alpha value is -4.06. The van der Waals surface area contributed by atoms with Crippen molar-refractivity contribution in [3.05, 3.63) is 102 Å². The van der Waals surface area contributed by atoms with Crippen LogP contribution in [0, 0.1) is 0 Å². The van der Waals surface area contributed by atoms with E-state index in [1.54, 1.807) is 13.0 Å². The summed E-state index contributed by atoms with van der Waals surface area (Å²) in [4.78, 5) is 24.0. The standard InChI is InChI=1S/C27H25NO5/c1-2-31-26(29)19-32-24-12-8-20(9-13-24)17-28-15-14-22-10-11-23(16-25(22)28)27(30)33-18-21-6-4-3-5-7-21/h3-16H,2,17-19H2,1H3. The van der Waals surface area contributed by atoms with Gasteiger partial charge in [0.15, 0.2) is 6.61 Å². The summed E-state index contributed by atoms with van der Waals surface area (Å²) >= 11 is 0. The van der Waals surface area contributed by atoms with Crippen LogP contribution in [0.15, 0.2) is 85.1 Å². The summed E-state index contributed by atoms with van der Waals surface area (Å²) in [5, 5.41) is 1.05. The van der Waals surface area contributed by atoms with E-state index in [0.29, 0.717) is 24.5 Å². The maximum atomic E-state index is 12.6. The third-order valence-corrected chi connectivity index (χ3v) is 5.16. The molecule has 4 aromatic rings. The molecule has 1 aromatic heterocycles. The molecule has 0 aliphatic rings. The monoisotopic (exact) mass is 443 g/mol. The van der Waals surface area contributed by atoms with Gasteiger partial charge in [-0.25, -0.2) is 9.59 Å². The van der Waals surface area contributed by atoms with Gasteiger partial charge in [0.2, 0.25) is 0 Å². The minimum atomic E-state index is -0.390. The highest BCUT2D eigenvalue weighted by molar-refractivity contribution is 5.94. The summed E-state index contributed by atoms with van der Waals surface area (Å²) in [6.07, 6.45) is 1.99. The SMILES string of the molecule is CCOC(=O)COc1ccc(Cn2ccc3ccc(C(=O)OCc4ccccc4)cc32)cc1. The number of carbonyl (C=O) groups is 2. The fraction of sp³-hybridized carbons (Fsp3) is 0.185. The van der Waals surface area contributed by atoms with Gasteiger partial charge in [0, 0.05) is 18.3 Å². The van der Waals surface area contributed by atoms with Crippen molar-refractivity contribution < 1.29 is 23.8 Å². The van der Waals surface area contributed by atoms with E-state index in [0.717, 1.165) is 22.0 Å². The van der Waals surface area contributed by atoms with Gasteiger partial charge in [0.1, 0.15) is 12.4 Å². The molecule has 0 aliphatic heterocycles. The average molecular weight is 443 g/mol. The summed E-state index contributed by atoms with van der Waals surface area (Å²) in [6.45, 7) is 2.85. The Labute approximate surface area is 192 Å². The number of benzene rings is 3. The Morgan fingerprint density at radius 3 is 2.39 bits per heavy atom. The van der Waals surface area contributed by atoms with Crippen LogP contribution in [0.5, 0.6) is 5.75 Å². The maximum absolute atomic E-state index is 12.6. The Kier molecular flexibility index (Phi) is 7.05. The molecule has 0 bridgehead atoms. The molecule has 0 N–H and O–H groups in total. The summed E-state index contributed by atoms with van der Waals surface area (Å²) in [5.74, 6) is -0.136. The van der Waals surface area contributed by atoms with E-state index >= 15 is 0 Å². The molecule has 0 saturated heterocycles. The van der Waals surface area contributed by atoms with Gasteiger partial charge >= 0.3 is 11.9 Å². The molecule has 33 heavy (non-hydrogen) atoms. The normalized spacial score (nSPS) is 10.7. The number of nitrogens with zero attached hydrogens (tertiary/aromatic N) is 1. The molecule has 0 fully saturated rings. The van der Waals surface area contributed by atoms with Crippen LogP contribution in [0.2, 0.25) is 0 Å². The van der Waals surface area contributed by atoms with Gasteiger partial charge in [-0.2, -0.15) is 0 Å². The van der Waals surface area contributed by atoms with E-state index in [4.69, 9.17) is 14.2 Å². The van der Waals surface area contributed by atoms with E-state index in [1.807, 2.05) is 79.0 Å². The minimum absolute atomic E-state index is 0.113.